The van der Waals surface area contributed by atoms with E-state index in [1.54, 1.807) is 22.9 Å². The fraction of sp³-hybridized carbons (Fsp3) is 0.333. The molecule has 0 radical (unpaired) electrons. The molecular weight excluding hydrogens is 342 g/mol. The summed E-state index contributed by atoms with van der Waals surface area (Å²) in [5, 5.41) is 6.04. The number of aromatic nitrogens is 1. The summed E-state index contributed by atoms with van der Waals surface area (Å²) in [4.78, 5) is 23.7. The van der Waals surface area contributed by atoms with Crippen LogP contribution in [0.25, 0.3) is 0 Å². The fourth-order valence-electron chi connectivity index (χ4n) is 2.60. The molecule has 1 unspecified atom stereocenters. The van der Waals surface area contributed by atoms with Crippen LogP contribution in [0.2, 0.25) is 0 Å². The molecule has 6 nitrogen and oxygen atoms in total. The highest BCUT2D eigenvalue weighted by molar-refractivity contribution is 5.85. The highest BCUT2D eigenvalue weighted by atomic mass is 35.5. The van der Waals surface area contributed by atoms with Crippen LogP contribution in [-0.2, 0) is 22.6 Å². The second kappa shape index (κ2) is 9.36. The Morgan fingerprint density at radius 1 is 1.20 bits per heavy atom. The van der Waals surface area contributed by atoms with Gasteiger partial charge in [-0.3, -0.25) is 9.59 Å². The first-order valence-electron chi connectivity index (χ1n) is 8.04. The molecule has 1 saturated heterocycles. The zero-order chi connectivity index (χ0) is 16.8. The molecule has 1 fully saturated rings. The van der Waals surface area contributed by atoms with Crippen LogP contribution in [0.1, 0.15) is 11.1 Å². The van der Waals surface area contributed by atoms with E-state index in [-0.39, 0.29) is 29.9 Å². The second-order valence-electron chi connectivity index (χ2n) is 5.78. The highest BCUT2D eigenvalue weighted by Gasteiger charge is 2.20. The molecule has 1 amide bonds. The monoisotopic (exact) mass is 363 g/mol. The molecule has 25 heavy (non-hydrogen) atoms. The fourth-order valence-corrected chi connectivity index (χ4v) is 2.60. The third-order valence-corrected chi connectivity index (χ3v) is 3.98. The van der Waals surface area contributed by atoms with E-state index in [2.05, 4.69) is 10.6 Å². The summed E-state index contributed by atoms with van der Waals surface area (Å²) in [6.07, 6.45) is 1.77. The average molecular weight is 364 g/mol. The van der Waals surface area contributed by atoms with Crippen LogP contribution in [0.5, 0.6) is 0 Å². The molecule has 2 heterocycles. The van der Waals surface area contributed by atoms with Gasteiger partial charge >= 0.3 is 0 Å². The molecule has 0 bridgehead atoms. The maximum atomic E-state index is 12.0. The van der Waals surface area contributed by atoms with Gasteiger partial charge in [0.2, 0.25) is 5.91 Å². The third kappa shape index (κ3) is 5.42. The van der Waals surface area contributed by atoms with Gasteiger partial charge in [0, 0.05) is 25.4 Å². The second-order valence-corrected chi connectivity index (χ2v) is 5.78. The van der Waals surface area contributed by atoms with Crippen LogP contribution in [0.15, 0.2) is 53.5 Å². The van der Waals surface area contributed by atoms with E-state index in [0.29, 0.717) is 32.8 Å². The van der Waals surface area contributed by atoms with Gasteiger partial charge in [-0.25, -0.2) is 0 Å². The molecule has 134 valence electrons. The van der Waals surface area contributed by atoms with Gasteiger partial charge in [-0.2, -0.15) is 0 Å². The van der Waals surface area contributed by atoms with Crippen LogP contribution < -0.4 is 16.2 Å². The molecule has 2 N–H and O–H groups in total. The maximum Gasteiger partial charge on any atom is 0.250 e. The Morgan fingerprint density at radius 2 is 1.96 bits per heavy atom. The lowest BCUT2D eigenvalue weighted by Gasteiger charge is -2.22. The number of benzene rings is 1. The lowest BCUT2D eigenvalue weighted by molar-refractivity contribution is -0.126. The summed E-state index contributed by atoms with van der Waals surface area (Å²) in [6.45, 7) is 2.77. The van der Waals surface area contributed by atoms with Gasteiger partial charge in [-0.05, 0) is 17.2 Å². The number of carbonyl (C=O) groups excluding carboxylic acids is 1. The number of nitrogens with zero attached hydrogens (tertiary/aromatic N) is 1. The summed E-state index contributed by atoms with van der Waals surface area (Å²) in [7, 11) is 0. The lowest BCUT2D eigenvalue weighted by Crippen LogP contribution is -2.51. The van der Waals surface area contributed by atoms with Crippen LogP contribution >= 0.6 is 12.4 Å². The molecule has 0 aliphatic carbocycles. The van der Waals surface area contributed by atoms with Gasteiger partial charge in [-0.15, -0.1) is 12.4 Å². The maximum absolute atomic E-state index is 12.0. The summed E-state index contributed by atoms with van der Waals surface area (Å²) < 4.78 is 6.94. The smallest absolute Gasteiger partial charge is 0.250 e. The van der Waals surface area contributed by atoms with Crippen molar-refractivity contribution in [3.63, 3.8) is 0 Å². The Hall–Kier alpha value is -2.15. The Labute approximate surface area is 152 Å². The first kappa shape index (κ1) is 19.2. The third-order valence-electron chi connectivity index (χ3n) is 3.98. The molecule has 1 aliphatic rings. The SMILES string of the molecule is Cl.O=C(NCc1ccc(Cn2ccccc2=O)cc1)C1COCCN1. The van der Waals surface area contributed by atoms with E-state index in [9.17, 15) is 9.59 Å². The minimum atomic E-state index is -0.275. The Bertz CT molecular complexity index is 740. The number of amides is 1. The number of halogens is 1. The van der Waals surface area contributed by atoms with E-state index in [0.717, 1.165) is 11.1 Å². The van der Waals surface area contributed by atoms with E-state index in [1.165, 1.54) is 0 Å². The minimum absolute atomic E-state index is 0. The van der Waals surface area contributed by atoms with Crippen LogP contribution in [0, 0.1) is 0 Å². The normalized spacial score (nSPS) is 16.7. The van der Waals surface area contributed by atoms with E-state index >= 15 is 0 Å². The van der Waals surface area contributed by atoms with Crippen molar-refractivity contribution in [2.45, 2.75) is 19.1 Å². The lowest BCUT2D eigenvalue weighted by atomic mass is 10.1. The molecule has 2 aromatic rings. The van der Waals surface area contributed by atoms with Gasteiger partial charge in [-0.1, -0.05) is 30.3 Å². The van der Waals surface area contributed by atoms with Gasteiger partial charge in [0.1, 0.15) is 6.04 Å². The van der Waals surface area contributed by atoms with Crippen molar-refractivity contribution in [1.29, 1.82) is 0 Å². The zero-order valence-electron chi connectivity index (χ0n) is 13.8. The Morgan fingerprint density at radius 3 is 2.64 bits per heavy atom. The van der Waals surface area contributed by atoms with E-state index in [1.807, 2.05) is 30.3 Å². The van der Waals surface area contributed by atoms with Crippen LogP contribution in [0.3, 0.4) is 0 Å². The molecule has 3 rings (SSSR count). The molecule has 1 atom stereocenters. The Balaban J connectivity index is 0.00000225. The van der Waals surface area contributed by atoms with Crippen molar-refractivity contribution in [2.24, 2.45) is 0 Å². The van der Waals surface area contributed by atoms with E-state index < -0.39 is 0 Å². The highest BCUT2D eigenvalue weighted by Crippen LogP contribution is 2.06. The first-order chi connectivity index (χ1) is 11.7. The molecule has 7 heteroatoms. The van der Waals surface area contributed by atoms with Crippen molar-refractivity contribution in [3.8, 4) is 0 Å². The summed E-state index contributed by atoms with van der Waals surface area (Å²) in [5.41, 5.74) is 2.04. The summed E-state index contributed by atoms with van der Waals surface area (Å²) in [5.74, 6) is -0.0467. The summed E-state index contributed by atoms with van der Waals surface area (Å²) in [6, 6.07) is 12.7. The van der Waals surface area contributed by atoms with Gasteiger partial charge < -0.3 is 19.9 Å². The number of morpholine rings is 1. The predicted molar refractivity (Wildman–Crippen MR) is 98.0 cm³/mol. The molecule has 1 aromatic carbocycles. The van der Waals surface area contributed by atoms with Crippen molar-refractivity contribution < 1.29 is 9.53 Å². The quantitative estimate of drug-likeness (QED) is 0.828. The van der Waals surface area contributed by atoms with Crippen molar-refractivity contribution >= 4 is 18.3 Å². The number of pyridine rings is 1. The molecule has 0 spiro atoms. The van der Waals surface area contributed by atoms with Crippen LogP contribution in [-0.4, -0.2) is 36.3 Å². The number of ether oxygens (including phenoxy) is 1. The average Bonchev–Trinajstić information content (AvgIpc) is 2.63. The largest absolute Gasteiger partial charge is 0.378 e. The van der Waals surface area contributed by atoms with Crippen LogP contribution in [0.4, 0.5) is 0 Å². The molecule has 0 saturated carbocycles. The van der Waals surface area contributed by atoms with Crippen molar-refractivity contribution in [1.82, 2.24) is 15.2 Å². The molecular formula is C18H22ClN3O3. The number of carbonyl (C=O) groups is 1. The Kier molecular flexibility index (Phi) is 7.18. The molecule has 1 aliphatic heterocycles. The molecule has 1 aromatic heterocycles. The van der Waals surface area contributed by atoms with Crippen molar-refractivity contribution in [3.05, 3.63) is 70.1 Å². The van der Waals surface area contributed by atoms with Gasteiger partial charge in [0.15, 0.2) is 0 Å². The minimum Gasteiger partial charge on any atom is -0.378 e. The summed E-state index contributed by atoms with van der Waals surface area (Å²) >= 11 is 0. The standard InChI is InChI=1S/C18H21N3O3.ClH/c22-17-3-1-2-9-21(17)12-15-6-4-14(5-7-15)11-20-18(23)16-13-24-10-8-19-16;/h1-7,9,16,19H,8,10-13H2,(H,20,23);1H. The first-order valence-corrected chi connectivity index (χ1v) is 8.04. The topological polar surface area (TPSA) is 72.4 Å². The van der Waals surface area contributed by atoms with Gasteiger partial charge in [0.25, 0.3) is 5.56 Å². The number of nitrogens with one attached hydrogen (secondary N) is 2. The predicted octanol–water partition coefficient (Wildman–Crippen LogP) is 0.923. The number of hydrogen-bond donors (Lipinski definition) is 2. The van der Waals surface area contributed by atoms with E-state index in [4.69, 9.17) is 4.74 Å². The number of hydrogen-bond acceptors (Lipinski definition) is 4. The van der Waals surface area contributed by atoms with Gasteiger partial charge in [0.05, 0.1) is 19.8 Å². The number of rotatable bonds is 5. The van der Waals surface area contributed by atoms with Crippen molar-refractivity contribution in [2.75, 3.05) is 19.8 Å². The zero-order valence-corrected chi connectivity index (χ0v) is 14.6.